The molecular weight excluding hydrogens is 180 g/mol. The fraction of sp³-hybridized carbons (Fsp3) is 0.500. The molecule has 0 spiro atoms. The van der Waals surface area contributed by atoms with Crippen molar-refractivity contribution in [2.75, 3.05) is 13.6 Å². The van der Waals surface area contributed by atoms with Gasteiger partial charge in [0.15, 0.2) is 0 Å². The van der Waals surface area contributed by atoms with Gasteiger partial charge in [-0.1, -0.05) is 0 Å². The molecule has 0 aliphatic carbocycles. The zero-order valence-corrected chi connectivity index (χ0v) is 8.49. The summed E-state index contributed by atoms with van der Waals surface area (Å²) in [6, 6.07) is 1.99. The zero-order valence-electron chi connectivity index (χ0n) is 8.49. The lowest BCUT2D eigenvalue weighted by Gasteiger charge is -2.06. The van der Waals surface area contributed by atoms with Crippen LogP contribution in [0.2, 0.25) is 0 Å². The Morgan fingerprint density at radius 1 is 1.71 bits per heavy atom. The smallest absolute Gasteiger partial charge is 0.205 e. The normalized spacial score (nSPS) is 11.5. The van der Waals surface area contributed by atoms with Crippen molar-refractivity contribution in [1.29, 1.82) is 0 Å². The van der Waals surface area contributed by atoms with Crippen LogP contribution in [0, 0.1) is 0 Å². The van der Waals surface area contributed by atoms with Gasteiger partial charge in [-0.2, -0.15) is 5.10 Å². The van der Waals surface area contributed by atoms with Crippen molar-refractivity contribution in [2.24, 2.45) is 17.9 Å². The Hall–Kier alpha value is -1.56. The number of hydrazine groups is 1. The number of rotatable bonds is 3. The Morgan fingerprint density at radius 2 is 2.50 bits per heavy atom. The molecule has 1 aromatic heterocycles. The largest absolute Gasteiger partial charge is 0.355 e. The van der Waals surface area contributed by atoms with E-state index in [4.69, 9.17) is 5.84 Å². The Balaban J connectivity index is 2.28. The van der Waals surface area contributed by atoms with Crippen molar-refractivity contribution < 1.29 is 0 Å². The number of guanidine groups is 1. The molecule has 78 valence electrons. The molecule has 0 amide bonds. The highest BCUT2D eigenvalue weighted by Gasteiger charge is 1.97. The van der Waals surface area contributed by atoms with E-state index in [2.05, 4.69) is 20.8 Å². The van der Waals surface area contributed by atoms with Gasteiger partial charge in [0.2, 0.25) is 5.96 Å². The molecule has 0 saturated heterocycles. The van der Waals surface area contributed by atoms with Crippen LogP contribution in [0.3, 0.4) is 0 Å². The van der Waals surface area contributed by atoms with Crippen LogP contribution in [-0.2, 0) is 13.5 Å². The molecule has 1 heterocycles. The van der Waals surface area contributed by atoms with Crippen LogP contribution < -0.4 is 16.6 Å². The van der Waals surface area contributed by atoms with Crippen LogP contribution >= 0.6 is 0 Å². The molecule has 0 fully saturated rings. The highest BCUT2D eigenvalue weighted by Crippen LogP contribution is 1.93. The zero-order chi connectivity index (χ0) is 10.4. The SMILES string of the molecule is CN=C(NN)NCCc1ccn(C)n1. The Kier molecular flexibility index (Phi) is 3.93. The highest BCUT2D eigenvalue weighted by atomic mass is 15.3. The van der Waals surface area contributed by atoms with E-state index >= 15 is 0 Å². The number of aromatic nitrogens is 2. The van der Waals surface area contributed by atoms with E-state index in [-0.39, 0.29) is 0 Å². The summed E-state index contributed by atoms with van der Waals surface area (Å²) in [5.41, 5.74) is 3.51. The third-order valence-corrected chi connectivity index (χ3v) is 1.80. The summed E-state index contributed by atoms with van der Waals surface area (Å²) in [5.74, 6) is 5.79. The molecule has 0 aromatic carbocycles. The maximum atomic E-state index is 5.20. The monoisotopic (exact) mass is 196 g/mol. The molecule has 6 heteroatoms. The Labute approximate surface area is 83.2 Å². The van der Waals surface area contributed by atoms with Crippen molar-refractivity contribution in [2.45, 2.75) is 6.42 Å². The van der Waals surface area contributed by atoms with Crippen molar-refractivity contribution in [3.8, 4) is 0 Å². The second kappa shape index (κ2) is 5.23. The first-order valence-electron chi connectivity index (χ1n) is 4.42. The van der Waals surface area contributed by atoms with Gasteiger partial charge in [0, 0.05) is 33.3 Å². The van der Waals surface area contributed by atoms with Gasteiger partial charge in [-0.25, -0.2) is 5.84 Å². The van der Waals surface area contributed by atoms with Crippen LogP contribution in [0.15, 0.2) is 17.3 Å². The lowest BCUT2D eigenvalue weighted by molar-refractivity contribution is 0.726. The minimum Gasteiger partial charge on any atom is -0.355 e. The molecular formula is C8H16N6. The van der Waals surface area contributed by atoms with Gasteiger partial charge in [-0.05, 0) is 6.07 Å². The molecule has 1 rings (SSSR count). The van der Waals surface area contributed by atoms with E-state index in [1.807, 2.05) is 19.3 Å². The van der Waals surface area contributed by atoms with Crippen molar-refractivity contribution >= 4 is 5.96 Å². The molecule has 0 saturated carbocycles. The molecule has 14 heavy (non-hydrogen) atoms. The third-order valence-electron chi connectivity index (χ3n) is 1.80. The first-order chi connectivity index (χ1) is 6.76. The van der Waals surface area contributed by atoms with E-state index in [1.54, 1.807) is 11.7 Å². The van der Waals surface area contributed by atoms with Crippen LogP contribution in [0.5, 0.6) is 0 Å². The van der Waals surface area contributed by atoms with Crippen molar-refractivity contribution in [1.82, 2.24) is 20.5 Å². The van der Waals surface area contributed by atoms with Crippen molar-refractivity contribution in [3.63, 3.8) is 0 Å². The van der Waals surface area contributed by atoms with Gasteiger partial charge in [-0.3, -0.25) is 15.1 Å². The minimum atomic E-state index is 0.584. The fourth-order valence-electron chi connectivity index (χ4n) is 1.10. The van der Waals surface area contributed by atoms with E-state index in [1.165, 1.54) is 0 Å². The predicted molar refractivity (Wildman–Crippen MR) is 55.6 cm³/mol. The molecule has 0 atom stereocenters. The fourth-order valence-corrected chi connectivity index (χ4v) is 1.10. The van der Waals surface area contributed by atoms with E-state index in [0.717, 1.165) is 18.7 Å². The van der Waals surface area contributed by atoms with Gasteiger partial charge >= 0.3 is 0 Å². The summed E-state index contributed by atoms with van der Waals surface area (Å²) in [6.07, 6.45) is 2.77. The number of nitrogens with zero attached hydrogens (tertiary/aromatic N) is 3. The van der Waals surface area contributed by atoms with Gasteiger partial charge in [-0.15, -0.1) is 0 Å². The van der Waals surface area contributed by atoms with Gasteiger partial charge in [0.25, 0.3) is 0 Å². The molecule has 0 unspecified atom stereocenters. The summed E-state index contributed by atoms with van der Waals surface area (Å²) in [7, 11) is 3.57. The number of aryl methyl sites for hydroxylation is 1. The standard InChI is InChI=1S/C8H16N6/c1-10-8(12-9)11-5-3-7-4-6-14(2)13-7/h4,6H,3,5,9H2,1-2H3,(H2,10,11,12). The first kappa shape index (κ1) is 10.5. The average Bonchev–Trinajstić information content (AvgIpc) is 2.59. The number of hydrogen-bond acceptors (Lipinski definition) is 3. The number of nitrogens with one attached hydrogen (secondary N) is 2. The van der Waals surface area contributed by atoms with Crippen LogP contribution in [0.4, 0.5) is 0 Å². The highest BCUT2D eigenvalue weighted by molar-refractivity contribution is 5.78. The molecule has 0 aliphatic heterocycles. The second-order valence-corrected chi connectivity index (χ2v) is 2.87. The quantitative estimate of drug-likeness (QED) is 0.251. The maximum Gasteiger partial charge on any atom is 0.205 e. The summed E-state index contributed by atoms with van der Waals surface area (Å²) >= 11 is 0. The molecule has 1 aromatic rings. The van der Waals surface area contributed by atoms with Crippen LogP contribution in [0.1, 0.15) is 5.69 Å². The second-order valence-electron chi connectivity index (χ2n) is 2.87. The van der Waals surface area contributed by atoms with Gasteiger partial charge in [0.05, 0.1) is 5.69 Å². The Bertz CT molecular complexity index is 303. The summed E-state index contributed by atoms with van der Waals surface area (Å²) in [6.45, 7) is 0.758. The summed E-state index contributed by atoms with van der Waals surface area (Å²) in [4.78, 5) is 3.89. The van der Waals surface area contributed by atoms with E-state index < -0.39 is 0 Å². The Morgan fingerprint density at radius 3 is 3.00 bits per heavy atom. The van der Waals surface area contributed by atoms with Gasteiger partial charge < -0.3 is 5.32 Å². The van der Waals surface area contributed by atoms with E-state index in [0.29, 0.717) is 5.96 Å². The van der Waals surface area contributed by atoms with Crippen LogP contribution in [0.25, 0.3) is 0 Å². The number of nitrogens with two attached hydrogens (primary N) is 1. The van der Waals surface area contributed by atoms with E-state index in [9.17, 15) is 0 Å². The van der Waals surface area contributed by atoms with Gasteiger partial charge in [0.1, 0.15) is 0 Å². The average molecular weight is 196 g/mol. The topological polar surface area (TPSA) is 80.3 Å². The lowest BCUT2D eigenvalue weighted by Crippen LogP contribution is -2.42. The number of hydrogen-bond donors (Lipinski definition) is 3. The van der Waals surface area contributed by atoms with Crippen LogP contribution in [-0.4, -0.2) is 29.3 Å². The maximum absolute atomic E-state index is 5.20. The first-order valence-corrected chi connectivity index (χ1v) is 4.42. The number of aliphatic imine (C=N–C) groups is 1. The molecule has 0 radical (unpaired) electrons. The summed E-state index contributed by atoms with van der Waals surface area (Å²) < 4.78 is 1.78. The molecule has 4 N–H and O–H groups in total. The minimum absolute atomic E-state index is 0.584. The molecule has 6 nitrogen and oxygen atoms in total. The third kappa shape index (κ3) is 3.06. The molecule has 0 bridgehead atoms. The van der Waals surface area contributed by atoms with Crippen molar-refractivity contribution in [3.05, 3.63) is 18.0 Å². The summed E-state index contributed by atoms with van der Waals surface area (Å²) in [5, 5.41) is 7.29. The molecule has 0 aliphatic rings. The lowest BCUT2D eigenvalue weighted by atomic mass is 10.3. The predicted octanol–water partition coefficient (Wildman–Crippen LogP) is -0.999.